The molecule has 3 aromatic rings. The molecule has 30 heavy (non-hydrogen) atoms. The number of amides is 1. The van der Waals surface area contributed by atoms with Crippen molar-refractivity contribution in [3.8, 4) is 22.9 Å². The topological polar surface area (TPSA) is 77.7 Å². The molecule has 0 N–H and O–H groups in total. The van der Waals surface area contributed by atoms with Crippen molar-refractivity contribution in [1.29, 1.82) is 0 Å². The summed E-state index contributed by atoms with van der Waals surface area (Å²) >= 11 is 6.23. The molecule has 4 rings (SSSR count). The van der Waals surface area contributed by atoms with Gasteiger partial charge in [-0.15, -0.1) is 0 Å². The summed E-state index contributed by atoms with van der Waals surface area (Å²) in [5.74, 6) is 2.18. The Labute approximate surface area is 179 Å². The molecular weight excluding hydrogens is 406 g/mol. The number of benzene rings is 2. The molecule has 0 bridgehead atoms. The molecule has 2 aromatic carbocycles. The van der Waals surface area contributed by atoms with Crippen molar-refractivity contribution in [3.05, 3.63) is 58.9 Å². The molecule has 0 aliphatic carbocycles. The third-order valence-electron chi connectivity index (χ3n) is 5.15. The third kappa shape index (κ3) is 4.11. The quantitative estimate of drug-likeness (QED) is 0.548. The number of carbonyl (C=O) groups is 1. The van der Waals surface area contributed by atoms with Crippen molar-refractivity contribution in [3.63, 3.8) is 0 Å². The van der Waals surface area contributed by atoms with E-state index in [4.69, 9.17) is 25.6 Å². The fourth-order valence-electron chi connectivity index (χ4n) is 3.26. The van der Waals surface area contributed by atoms with E-state index in [0.29, 0.717) is 46.8 Å². The van der Waals surface area contributed by atoms with E-state index >= 15 is 0 Å². The van der Waals surface area contributed by atoms with Crippen LogP contribution in [0.5, 0.6) is 11.5 Å². The molecule has 1 amide bonds. The van der Waals surface area contributed by atoms with Gasteiger partial charge in [-0.3, -0.25) is 4.79 Å². The van der Waals surface area contributed by atoms with Gasteiger partial charge in [0.2, 0.25) is 18.5 Å². The van der Waals surface area contributed by atoms with E-state index in [9.17, 15) is 4.79 Å². The maximum atomic E-state index is 13.1. The maximum absolute atomic E-state index is 13.1. The van der Waals surface area contributed by atoms with Crippen LogP contribution in [0.1, 0.15) is 36.5 Å². The highest BCUT2D eigenvalue weighted by Crippen LogP contribution is 2.35. The molecule has 0 saturated heterocycles. The Morgan fingerprint density at radius 3 is 2.80 bits per heavy atom. The predicted octanol–water partition coefficient (Wildman–Crippen LogP) is 4.60. The van der Waals surface area contributed by atoms with Gasteiger partial charge in [0.25, 0.3) is 5.91 Å². The van der Waals surface area contributed by atoms with Crippen LogP contribution in [0.3, 0.4) is 0 Å². The summed E-state index contributed by atoms with van der Waals surface area (Å²) in [6.07, 6.45) is 1.26. The second kappa shape index (κ2) is 8.75. The zero-order valence-corrected chi connectivity index (χ0v) is 17.6. The molecule has 1 aliphatic heterocycles. The summed E-state index contributed by atoms with van der Waals surface area (Å²) in [6, 6.07) is 12.6. The minimum Gasteiger partial charge on any atom is -0.454 e. The monoisotopic (exact) mass is 427 g/mol. The zero-order valence-electron chi connectivity index (χ0n) is 16.8. The number of hydrogen-bond donors (Lipinski definition) is 0. The molecule has 0 radical (unpaired) electrons. The first-order valence-corrected chi connectivity index (χ1v) is 10.2. The number of halogens is 1. The molecule has 1 aromatic heterocycles. The zero-order chi connectivity index (χ0) is 21.1. The smallest absolute Gasteiger partial charge is 0.255 e. The number of carbonyl (C=O) groups excluding carboxylic acids is 1. The number of rotatable bonds is 7. The Bertz CT molecular complexity index is 1050. The fraction of sp³-hybridized carbons (Fsp3) is 0.318. The second-order valence-corrected chi connectivity index (χ2v) is 7.47. The maximum Gasteiger partial charge on any atom is 0.255 e. The van der Waals surface area contributed by atoms with E-state index in [1.165, 1.54) is 0 Å². The molecule has 0 saturated carbocycles. The van der Waals surface area contributed by atoms with Gasteiger partial charge >= 0.3 is 0 Å². The largest absolute Gasteiger partial charge is 0.454 e. The van der Waals surface area contributed by atoms with Crippen LogP contribution in [0, 0.1) is 0 Å². The Morgan fingerprint density at radius 2 is 2.00 bits per heavy atom. The van der Waals surface area contributed by atoms with Crippen LogP contribution in [0.25, 0.3) is 11.4 Å². The molecule has 156 valence electrons. The predicted molar refractivity (Wildman–Crippen MR) is 112 cm³/mol. The summed E-state index contributed by atoms with van der Waals surface area (Å²) in [5.41, 5.74) is 1.27. The molecular formula is C22H22ClN3O4. The van der Waals surface area contributed by atoms with E-state index in [0.717, 1.165) is 12.0 Å². The number of ether oxygens (including phenoxy) is 2. The number of hydrogen-bond acceptors (Lipinski definition) is 6. The van der Waals surface area contributed by atoms with Crippen molar-refractivity contribution in [1.82, 2.24) is 15.0 Å². The lowest BCUT2D eigenvalue weighted by Crippen LogP contribution is -2.40. The van der Waals surface area contributed by atoms with Crippen LogP contribution in [0.4, 0.5) is 0 Å². The van der Waals surface area contributed by atoms with Gasteiger partial charge in [0.05, 0.1) is 10.6 Å². The molecule has 0 fully saturated rings. The van der Waals surface area contributed by atoms with E-state index in [1.54, 1.807) is 17.0 Å². The summed E-state index contributed by atoms with van der Waals surface area (Å²) in [6.45, 7) is 4.71. The Balaban J connectivity index is 1.48. The van der Waals surface area contributed by atoms with Crippen LogP contribution in [-0.4, -0.2) is 40.3 Å². The van der Waals surface area contributed by atoms with Crippen molar-refractivity contribution >= 4 is 17.5 Å². The van der Waals surface area contributed by atoms with Crippen molar-refractivity contribution in [2.24, 2.45) is 0 Å². The highest BCUT2D eigenvalue weighted by molar-refractivity contribution is 6.33. The van der Waals surface area contributed by atoms with Crippen LogP contribution in [0.2, 0.25) is 5.02 Å². The molecule has 0 spiro atoms. The average molecular weight is 428 g/mol. The molecule has 1 atom stereocenters. The first-order valence-electron chi connectivity index (χ1n) is 9.85. The van der Waals surface area contributed by atoms with Crippen molar-refractivity contribution in [2.45, 2.75) is 32.7 Å². The van der Waals surface area contributed by atoms with Crippen molar-refractivity contribution in [2.75, 3.05) is 13.3 Å². The first-order chi connectivity index (χ1) is 14.6. The van der Waals surface area contributed by atoms with Gasteiger partial charge in [-0.1, -0.05) is 35.8 Å². The molecule has 1 unspecified atom stereocenters. The number of fused-ring (bicyclic) bond motifs is 1. The molecule has 2 heterocycles. The normalized spacial score (nSPS) is 13.3. The Hall–Kier alpha value is -3.06. The summed E-state index contributed by atoms with van der Waals surface area (Å²) in [4.78, 5) is 19.3. The third-order valence-corrected chi connectivity index (χ3v) is 5.48. The lowest BCUT2D eigenvalue weighted by Gasteiger charge is -2.28. The highest BCUT2D eigenvalue weighted by Gasteiger charge is 2.23. The average Bonchev–Trinajstić information content (AvgIpc) is 3.42. The number of nitrogens with zero attached hydrogens (tertiary/aromatic N) is 3. The molecule has 1 aliphatic rings. The van der Waals surface area contributed by atoms with Gasteiger partial charge in [0, 0.05) is 24.6 Å². The van der Waals surface area contributed by atoms with E-state index in [-0.39, 0.29) is 18.7 Å². The van der Waals surface area contributed by atoms with E-state index in [2.05, 4.69) is 10.1 Å². The summed E-state index contributed by atoms with van der Waals surface area (Å²) < 4.78 is 16.1. The van der Waals surface area contributed by atoms with Crippen molar-refractivity contribution < 1.29 is 18.8 Å². The van der Waals surface area contributed by atoms with Gasteiger partial charge in [0.15, 0.2) is 11.5 Å². The van der Waals surface area contributed by atoms with E-state index in [1.807, 2.05) is 44.2 Å². The second-order valence-electron chi connectivity index (χ2n) is 7.07. The highest BCUT2D eigenvalue weighted by atomic mass is 35.5. The van der Waals surface area contributed by atoms with Gasteiger partial charge in [0.1, 0.15) is 0 Å². The van der Waals surface area contributed by atoms with Crippen LogP contribution < -0.4 is 9.47 Å². The van der Waals surface area contributed by atoms with E-state index < -0.39 is 0 Å². The van der Waals surface area contributed by atoms with Gasteiger partial charge in [-0.25, -0.2) is 0 Å². The lowest BCUT2D eigenvalue weighted by molar-refractivity contribution is 0.0686. The minimum atomic E-state index is -0.106. The SMILES string of the molecule is CCC(C)N(CCc1nc(-c2ccc3c(c2)OCO3)no1)C(=O)c1ccccc1Cl. The van der Waals surface area contributed by atoms with Crippen LogP contribution >= 0.6 is 11.6 Å². The standard InChI is InChI=1S/C22H22ClN3O4/c1-3-14(2)26(22(27)16-6-4-5-7-17(16)23)11-10-20-24-21(25-30-20)15-8-9-18-19(12-15)29-13-28-18/h4-9,12,14H,3,10-11,13H2,1-2H3. The Kier molecular flexibility index (Phi) is 5.90. The van der Waals surface area contributed by atoms with Crippen LogP contribution in [0.15, 0.2) is 47.0 Å². The first kappa shape index (κ1) is 20.2. The summed E-state index contributed by atoms with van der Waals surface area (Å²) in [5, 5.41) is 4.51. The number of aromatic nitrogens is 2. The molecule has 8 heteroatoms. The molecule has 7 nitrogen and oxygen atoms in total. The van der Waals surface area contributed by atoms with Crippen LogP contribution in [-0.2, 0) is 6.42 Å². The Morgan fingerprint density at radius 1 is 1.20 bits per heavy atom. The lowest BCUT2D eigenvalue weighted by atomic mass is 10.1. The minimum absolute atomic E-state index is 0.0463. The van der Waals surface area contributed by atoms with Gasteiger partial charge in [-0.2, -0.15) is 4.98 Å². The van der Waals surface area contributed by atoms with Gasteiger partial charge in [-0.05, 0) is 43.7 Å². The summed E-state index contributed by atoms with van der Waals surface area (Å²) in [7, 11) is 0. The van der Waals surface area contributed by atoms with Gasteiger partial charge < -0.3 is 18.9 Å². The fourth-order valence-corrected chi connectivity index (χ4v) is 3.47.